The van der Waals surface area contributed by atoms with Crippen LogP contribution < -0.4 is 10.2 Å². The fraction of sp³-hybridized carbons (Fsp3) is 0.167. The second kappa shape index (κ2) is 7.76. The molecule has 3 nitrogen and oxygen atoms in total. The average molecular weight is 278 g/mol. The van der Waals surface area contributed by atoms with Gasteiger partial charge in [0.1, 0.15) is 12.4 Å². The van der Waals surface area contributed by atoms with E-state index in [1.54, 1.807) is 6.21 Å². The van der Waals surface area contributed by atoms with Crippen LogP contribution in [0.1, 0.15) is 18.1 Å². The van der Waals surface area contributed by atoms with Gasteiger partial charge < -0.3 is 4.74 Å². The zero-order chi connectivity index (χ0) is 14.9. The average Bonchev–Trinajstić information content (AvgIpc) is 2.54. The molecule has 0 amide bonds. The molecule has 0 fully saturated rings. The summed E-state index contributed by atoms with van der Waals surface area (Å²) >= 11 is 0. The zero-order valence-electron chi connectivity index (χ0n) is 12.0. The van der Waals surface area contributed by atoms with Gasteiger partial charge in [0, 0.05) is 0 Å². The van der Waals surface area contributed by atoms with Crippen LogP contribution in [0.15, 0.2) is 53.6 Å². The van der Waals surface area contributed by atoms with Gasteiger partial charge in [0.05, 0.1) is 11.9 Å². The molecule has 21 heavy (non-hydrogen) atoms. The predicted octanol–water partition coefficient (Wildman–Crippen LogP) is 3.71. The smallest absolute Gasteiger partial charge is 0.148 e. The Labute approximate surface area is 125 Å². The number of anilines is 1. The lowest BCUT2D eigenvalue weighted by Crippen LogP contribution is -1.98. The van der Waals surface area contributed by atoms with Crippen LogP contribution in [0.2, 0.25) is 0 Å². The topological polar surface area (TPSA) is 33.6 Å². The molecule has 0 bridgehead atoms. The lowest BCUT2D eigenvalue weighted by Gasteiger charge is -2.08. The molecule has 1 N–H and O–H groups in total. The highest BCUT2D eigenvalue weighted by Gasteiger charge is 2.02. The zero-order valence-corrected chi connectivity index (χ0v) is 12.0. The van der Waals surface area contributed by atoms with Gasteiger partial charge in [-0.1, -0.05) is 31.0 Å². The van der Waals surface area contributed by atoms with Gasteiger partial charge >= 0.3 is 0 Å². The van der Waals surface area contributed by atoms with E-state index >= 15 is 0 Å². The summed E-state index contributed by atoms with van der Waals surface area (Å²) < 4.78 is 5.51. The highest BCUT2D eigenvalue weighted by Crippen LogP contribution is 2.20. The van der Waals surface area contributed by atoms with Gasteiger partial charge in [-0.2, -0.15) is 5.10 Å². The third-order valence-corrected chi connectivity index (χ3v) is 2.96. The molecular weight excluding hydrogens is 260 g/mol. The summed E-state index contributed by atoms with van der Waals surface area (Å²) in [5.74, 6) is 3.31. The molecule has 0 aliphatic carbocycles. The maximum Gasteiger partial charge on any atom is 0.148 e. The Morgan fingerprint density at radius 1 is 1.24 bits per heavy atom. The molecule has 2 rings (SSSR count). The van der Waals surface area contributed by atoms with E-state index in [9.17, 15) is 0 Å². The number of nitrogens with zero attached hydrogens (tertiary/aromatic N) is 1. The van der Waals surface area contributed by atoms with Crippen molar-refractivity contribution in [2.75, 3.05) is 12.0 Å². The van der Waals surface area contributed by atoms with Crippen molar-refractivity contribution in [1.82, 2.24) is 0 Å². The number of rotatable bonds is 6. The molecule has 0 heterocycles. The Morgan fingerprint density at radius 3 is 2.76 bits per heavy atom. The van der Waals surface area contributed by atoms with Crippen molar-refractivity contribution in [2.24, 2.45) is 5.10 Å². The van der Waals surface area contributed by atoms with Gasteiger partial charge in [-0.25, -0.2) is 0 Å². The Bertz CT molecular complexity index is 642. The van der Waals surface area contributed by atoms with E-state index in [2.05, 4.69) is 29.4 Å². The minimum Gasteiger partial charge on any atom is -0.481 e. The summed E-state index contributed by atoms with van der Waals surface area (Å²) in [6, 6.07) is 15.8. The Hall–Kier alpha value is -2.73. The van der Waals surface area contributed by atoms with Crippen molar-refractivity contribution >= 4 is 11.9 Å². The molecule has 0 saturated heterocycles. The number of hydrogen-bond donors (Lipinski definition) is 1. The van der Waals surface area contributed by atoms with Gasteiger partial charge in [0.15, 0.2) is 0 Å². The van der Waals surface area contributed by atoms with Gasteiger partial charge in [0.2, 0.25) is 0 Å². The SMILES string of the molecule is C#CCOc1ccc(C=NNc2ccccc2)cc1CC. The molecule has 0 saturated carbocycles. The van der Waals surface area contributed by atoms with Crippen molar-refractivity contribution in [3.8, 4) is 18.1 Å². The monoisotopic (exact) mass is 278 g/mol. The summed E-state index contributed by atoms with van der Waals surface area (Å²) in [6.07, 6.45) is 7.89. The first-order valence-corrected chi connectivity index (χ1v) is 6.86. The number of terminal acetylenes is 1. The first-order chi connectivity index (χ1) is 10.3. The third kappa shape index (κ3) is 4.39. The molecule has 0 aliphatic rings. The van der Waals surface area contributed by atoms with E-state index in [0.717, 1.165) is 29.0 Å². The van der Waals surface area contributed by atoms with Crippen molar-refractivity contribution in [3.63, 3.8) is 0 Å². The molecule has 0 atom stereocenters. The second-order valence-corrected chi connectivity index (χ2v) is 4.45. The van der Waals surface area contributed by atoms with E-state index in [1.165, 1.54) is 0 Å². The molecule has 106 valence electrons. The molecule has 0 aliphatic heterocycles. The summed E-state index contributed by atoms with van der Waals surface area (Å²) in [5.41, 5.74) is 6.08. The van der Waals surface area contributed by atoms with Crippen LogP contribution in [0.3, 0.4) is 0 Å². The number of benzene rings is 2. The third-order valence-electron chi connectivity index (χ3n) is 2.96. The molecular formula is C18H18N2O. The van der Waals surface area contributed by atoms with Crippen molar-refractivity contribution < 1.29 is 4.74 Å². The minimum atomic E-state index is 0.288. The Balaban J connectivity index is 2.05. The fourth-order valence-corrected chi connectivity index (χ4v) is 1.91. The largest absolute Gasteiger partial charge is 0.481 e. The van der Waals surface area contributed by atoms with Crippen molar-refractivity contribution in [1.29, 1.82) is 0 Å². The van der Waals surface area contributed by atoms with Crippen LogP contribution in [-0.4, -0.2) is 12.8 Å². The second-order valence-electron chi connectivity index (χ2n) is 4.45. The van der Waals surface area contributed by atoms with Gasteiger partial charge in [-0.05, 0) is 47.9 Å². The van der Waals surface area contributed by atoms with Crippen molar-refractivity contribution in [2.45, 2.75) is 13.3 Å². The molecule has 2 aromatic carbocycles. The standard InChI is InChI=1S/C18H18N2O/c1-3-12-21-18-11-10-15(13-16(18)4-2)14-19-20-17-8-6-5-7-9-17/h1,5-11,13-14,20H,4,12H2,2H3. The normalized spacial score (nSPS) is 10.3. The number of ether oxygens (including phenoxy) is 1. The Kier molecular flexibility index (Phi) is 5.42. The number of aryl methyl sites for hydroxylation is 1. The van der Waals surface area contributed by atoms with Crippen LogP contribution in [-0.2, 0) is 6.42 Å². The van der Waals surface area contributed by atoms with Gasteiger partial charge in [-0.3, -0.25) is 5.43 Å². The predicted molar refractivity (Wildman–Crippen MR) is 87.8 cm³/mol. The highest BCUT2D eigenvalue weighted by molar-refractivity contribution is 5.81. The van der Waals surface area contributed by atoms with E-state index in [-0.39, 0.29) is 6.61 Å². The van der Waals surface area contributed by atoms with Crippen LogP contribution in [0, 0.1) is 12.3 Å². The maximum absolute atomic E-state index is 5.51. The number of hydrazone groups is 1. The van der Waals surface area contributed by atoms with Crippen molar-refractivity contribution in [3.05, 3.63) is 59.7 Å². The van der Waals surface area contributed by atoms with Crippen LogP contribution >= 0.6 is 0 Å². The summed E-state index contributed by atoms with van der Waals surface area (Å²) in [4.78, 5) is 0. The summed E-state index contributed by atoms with van der Waals surface area (Å²) in [6.45, 7) is 2.37. The van der Waals surface area contributed by atoms with Gasteiger partial charge in [0.25, 0.3) is 0 Å². The lowest BCUT2D eigenvalue weighted by atomic mass is 10.1. The number of para-hydroxylation sites is 1. The quantitative estimate of drug-likeness (QED) is 0.496. The molecule has 0 unspecified atom stereocenters. The lowest BCUT2D eigenvalue weighted by molar-refractivity contribution is 0.366. The summed E-state index contributed by atoms with van der Waals surface area (Å²) in [5, 5.41) is 4.23. The minimum absolute atomic E-state index is 0.288. The van der Waals surface area contributed by atoms with Crippen LogP contribution in [0.25, 0.3) is 0 Å². The van der Waals surface area contributed by atoms with Gasteiger partial charge in [-0.15, -0.1) is 6.42 Å². The maximum atomic E-state index is 5.51. The first kappa shape index (κ1) is 14.7. The van der Waals surface area contributed by atoms with E-state index in [0.29, 0.717) is 0 Å². The van der Waals surface area contributed by atoms with Crippen LogP contribution in [0.4, 0.5) is 5.69 Å². The van der Waals surface area contributed by atoms with Crippen LogP contribution in [0.5, 0.6) is 5.75 Å². The number of hydrogen-bond acceptors (Lipinski definition) is 3. The van der Waals surface area contributed by atoms with E-state index in [1.807, 2.05) is 42.5 Å². The van der Waals surface area contributed by atoms with E-state index < -0.39 is 0 Å². The first-order valence-electron chi connectivity index (χ1n) is 6.86. The molecule has 3 heteroatoms. The highest BCUT2D eigenvalue weighted by atomic mass is 16.5. The Morgan fingerprint density at radius 2 is 2.05 bits per heavy atom. The fourth-order valence-electron chi connectivity index (χ4n) is 1.91. The molecule has 2 aromatic rings. The van der Waals surface area contributed by atoms with E-state index in [4.69, 9.17) is 11.2 Å². The number of nitrogens with one attached hydrogen (secondary N) is 1. The molecule has 0 spiro atoms. The molecule has 0 radical (unpaired) electrons. The molecule has 0 aromatic heterocycles. The summed E-state index contributed by atoms with van der Waals surface area (Å²) in [7, 11) is 0.